The summed E-state index contributed by atoms with van der Waals surface area (Å²) in [5.74, 6) is 1.03. The summed E-state index contributed by atoms with van der Waals surface area (Å²) in [5, 5.41) is 11.7. The molecule has 10 heteroatoms. The Hall–Kier alpha value is -3.98. The first kappa shape index (κ1) is 20.6. The molecule has 170 valence electrons. The Morgan fingerprint density at radius 1 is 1.18 bits per heavy atom. The number of benzene rings is 1. The fraction of sp³-hybridized carbons (Fsp3) is 0.208. The van der Waals surface area contributed by atoms with Gasteiger partial charge in [0.25, 0.3) is 0 Å². The number of halogens is 1. The van der Waals surface area contributed by atoms with Crippen molar-refractivity contribution in [2.45, 2.75) is 31.9 Å². The lowest BCUT2D eigenvalue weighted by molar-refractivity contribution is 0.155. The average Bonchev–Trinajstić information content (AvgIpc) is 3.50. The van der Waals surface area contributed by atoms with Gasteiger partial charge in [0.1, 0.15) is 23.6 Å². The van der Waals surface area contributed by atoms with Gasteiger partial charge in [-0.25, -0.2) is 19.4 Å². The molecule has 4 aromatic heterocycles. The van der Waals surface area contributed by atoms with Crippen molar-refractivity contribution >= 4 is 40.2 Å². The molecule has 1 saturated carbocycles. The number of hydrogen-bond donors (Lipinski definition) is 1. The summed E-state index contributed by atoms with van der Waals surface area (Å²) in [6.45, 7) is 0.546. The largest absolute Gasteiger partial charge is 0.444 e. The Kier molecular flexibility index (Phi) is 5.10. The smallest absolute Gasteiger partial charge is 0.413 e. The summed E-state index contributed by atoms with van der Waals surface area (Å²) < 4.78 is 9.07. The number of carbonyl (C=O) groups is 1. The molecule has 0 radical (unpaired) electrons. The van der Waals surface area contributed by atoms with Gasteiger partial charge in [-0.1, -0.05) is 35.0 Å². The normalized spacial score (nSPS) is 13.4. The van der Waals surface area contributed by atoms with Crippen LogP contribution < -0.4 is 5.32 Å². The standard InChI is InChI=1S/C24H20ClN7O2/c25-18-3-1-2-15(8-18)14-34-24(33)28-22-9-21-20(10-26-22)29-30-32(21)13-19-12-31-11-17(16-4-5-16)6-7-23(31)27-19/h1-3,6-12,16H,4-5,13-14H2,(H,26,28,33). The summed E-state index contributed by atoms with van der Waals surface area (Å²) in [5.41, 5.74) is 5.27. The molecule has 6 rings (SSSR count). The predicted octanol–water partition coefficient (Wildman–Crippen LogP) is 4.80. The maximum atomic E-state index is 12.2. The van der Waals surface area contributed by atoms with Gasteiger partial charge in [-0.3, -0.25) is 5.32 Å². The lowest BCUT2D eigenvalue weighted by Gasteiger charge is -2.07. The molecule has 1 aliphatic rings. The highest BCUT2D eigenvalue weighted by molar-refractivity contribution is 6.30. The Morgan fingerprint density at radius 3 is 2.94 bits per heavy atom. The van der Waals surface area contributed by atoms with Crippen LogP contribution in [0.1, 0.15) is 35.6 Å². The van der Waals surface area contributed by atoms with Crippen LogP contribution in [-0.4, -0.2) is 35.5 Å². The van der Waals surface area contributed by atoms with Crippen LogP contribution in [0, 0.1) is 0 Å². The van der Waals surface area contributed by atoms with Crippen molar-refractivity contribution < 1.29 is 9.53 Å². The van der Waals surface area contributed by atoms with Crippen molar-refractivity contribution in [2.75, 3.05) is 5.32 Å². The van der Waals surface area contributed by atoms with E-state index in [-0.39, 0.29) is 6.61 Å². The van der Waals surface area contributed by atoms with Crippen LogP contribution in [0.25, 0.3) is 16.7 Å². The number of fused-ring (bicyclic) bond motifs is 2. The molecule has 9 nitrogen and oxygen atoms in total. The molecule has 1 fully saturated rings. The van der Waals surface area contributed by atoms with Gasteiger partial charge >= 0.3 is 6.09 Å². The molecule has 0 spiro atoms. The highest BCUT2D eigenvalue weighted by Crippen LogP contribution is 2.39. The number of ether oxygens (including phenoxy) is 1. The third-order valence-corrected chi connectivity index (χ3v) is 6.01. The quantitative estimate of drug-likeness (QED) is 0.380. The summed E-state index contributed by atoms with van der Waals surface area (Å²) >= 11 is 5.97. The molecule has 0 bridgehead atoms. The van der Waals surface area contributed by atoms with Gasteiger partial charge < -0.3 is 9.14 Å². The predicted molar refractivity (Wildman–Crippen MR) is 127 cm³/mol. The van der Waals surface area contributed by atoms with Crippen LogP contribution in [-0.2, 0) is 17.9 Å². The number of rotatable bonds is 6. The second-order valence-electron chi connectivity index (χ2n) is 8.37. The first-order chi connectivity index (χ1) is 16.6. The number of hydrogen-bond acceptors (Lipinski definition) is 6. The van der Waals surface area contributed by atoms with E-state index in [1.807, 2.05) is 12.3 Å². The Morgan fingerprint density at radius 2 is 2.09 bits per heavy atom. The molecule has 4 heterocycles. The summed E-state index contributed by atoms with van der Waals surface area (Å²) in [7, 11) is 0. The van der Waals surface area contributed by atoms with E-state index in [0.29, 0.717) is 28.8 Å². The number of amides is 1. The van der Waals surface area contributed by atoms with Crippen LogP contribution in [0.2, 0.25) is 5.02 Å². The number of imidazole rings is 1. The molecule has 1 N–H and O–H groups in total. The number of pyridine rings is 2. The minimum atomic E-state index is -0.613. The fourth-order valence-electron chi connectivity index (χ4n) is 3.92. The first-order valence-corrected chi connectivity index (χ1v) is 11.3. The molecule has 1 aliphatic carbocycles. The SMILES string of the molecule is O=C(Nc1cc2c(cn1)nnn2Cc1cn2cc(C3CC3)ccc2n1)OCc1cccc(Cl)c1. The first-order valence-electron chi connectivity index (χ1n) is 11.0. The average molecular weight is 474 g/mol. The van der Waals surface area contributed by atoms with Gasteiger partial charge in [-0.15, -0.1) is 5.10 Å². The molecule has 1 aromatic carbocycles. The van der Waals surface area contributed by atoms with Crippen LogP contribution in [0.3, 0.4) is 0 Å². The number of anilines is 1. The van der Waals surface area contributed by atoms with Crippen molar-refractivity contribution in [2.24, 2.45) is 0 Å². The van der Waals surface area contributed by atoms with Crippen molar-refractivity contribution in [3.05, 3.63) is 82.9 Å². The second kappa shape index (κ2) is 8.42. The van der Waals surface area contributed by atoms with Gasteiger partial charge in [0.15, 0.2) is 0 Å². The Balaban J connectivity index is 1.17. The maximum absolute atomic E-state index is 12.2. The van der Waals surface area contributed by atoms with Crippen molar-refractivity contribution in [3.63, 3.8) is 0 Å². The minimum absolute atomic E-state index is 0.102. The molecule has 0 aliphatic heterocycles. The molecular formula is C24H20ClN7O2. The molecule has 0 unspecified atom stereocenters. The van der Waals surface area contributed by atoms with Crippen molar-refractivity contribution in [1.82, 2.24) is 29.4 Å². The number of carbonyl (C=O) groups excluding carboxylic acids is 1. The molecular weight excluding hydrogens is 454 g/mol. The zero-order chi connectivity index (χ0) is 23.1. The van der Waals surface area contributed by atoms with Crippen LogP contribution >= 0.6 is 11.6 Å². The fourth-order valence-corrected chi connectivity index (χ4v) is 4.14. The maximum Gasteiger partial charge on any atom is 0.413 e. The second-order valence-corrected chi connectivity index (χ2v) is 8.81. The molecule has 0 atom stereocenters. The van der Waals surface area contributed by atoms with E-state index in [1.165, 1.54) is 18.4 Å². The van der Waals surface area contributed by atoms with E-state index in [0.717, 1.165) is 22.4 Å². The van der Waals surface area contributed by atoms with Crippen LogP contribution in [0.5, 0.6) is 0 Å². The third-order valence-electron chi connectivity index (χ3n) is 5.77. The van der Waals surface area contributed by atoms with Gasteiger partial charge in [-0.05, 0) is 48.1 Å². The third kappa shape index (κ3) is 4.29. The highest BCUT2D eigenvalue weighted by Gasteiger charge is 2.23. The van der Waals surface area contributed by atoms with Gasteiger partial charge in [0.05, 0.1) is 24.0 Å². The van der Waals surface area contributed by atoms with Gasteiger partial charge in [0, 0.05) is 23.5 Å². The van der Waals surface area contributed by atoms with E-state index < -0.39 is 6.09 Å². The van der Waals surface area contributed by atoms with E-state index >= 15 is 0 Å². The summed E-state index contributed by atoms with van der Waals surface area (Å²) in [4.78, 5) is 21.2. The van der Waals surface area contributed by atoms with Gasteiger partial charge in [-0.2, -0.15) is 0 Å². The molecule has 5 aromatic rings. The number of aromatic nitrogens is 6. The summed E-state index contributed by atoms with van der Waals surface area (Å²) in [6.07, 6.45) is 7.65. The zero-order valence-electron chi connectivity index (χ0n) is 18.1. The highest BCUT2D eigenvalue weighted by atomic mass is 35.5. The van der Waals surface area contributed by atoms with E-state index in [1.54, 1.807) is 35.1 Å². The van der Waals surface area contributed by atoms with Gasteiger partial charge in [0.2, 0.25) is 0 Å². The zero-order valence-corrected chi connectivity index (χ0v) is 18.8. The topological polar surface area (TPSA) is 99.2 Å². The summed E-state index contributed by atoms with van der Waals surface area (Å²) in [6, 6.07) is 13.1. The number of nitrogens with zero attached hydrogens (tertiary/aromatic N) is 6. The molecule has 0 saturated heterocycles. The van der Waals surface area contributed by atoms with Crippen LogP contribution in [0.4, 0.5) is 10.6 Å². The van der Waals surface area contributed by atoms with E-state index in [4.69, 9.17) is 21.3 Å². The number of nitrogens with one attached hydrogen (secondary N) is 1. The van der Waals surface area contributed by atoms with E-state index in [9.17, 15) is 4.79 Å². The van der Waals surface area contributed by atoms with Crippen LogP contribution in [0.15, 0.2) is 61.1 Å². The molecule has 1 amide bonds. The monoisotopic (exact) mass is 473 g/mol. The van der Waals surface area contributed by atoms with Crippen molar-refractivity contribution in [1.29, 1.82) is 0 Å². The lowest BCUT2D eigenvalue weighted by Crippen LogP contribution is -2.14. The van der Waals surface area contributed by atoms with E-state index in [2.05, 4.69) is 43.3 Å². The molecule has 34 heavy (non-hydrogen) atoms. The lowest BCUT2D eigenvalue weighted by atomic mass is 10.2. The Bertz CT molecular complexity index is 1520. The Labute approximate surface area is 199 Å². The van der Waals surface area contributed by atoms with Crippen molar-refractivity contribution in [3.8, 4) is 0 Å². The minimum Gasteiger partial charge on any atom is -0.444 e.